The quantitative estimate of drug-likeness (QED) is 0.442. The van der Waals surface area contributed by atoms with Gasteiger partial charge >= 0.3 is 0 Å². The maximum atomic E-state index is 12.2. The van der Waals surface area contributed by atoms with Crippen LogP contribution in [0.25, 0.3) is 0 Å². The molecule has 0 amide bonds. The summed E-state index contributed by atoms with van der Waals surface area (Å²) in [6, 6.07) is 4.03. The topological polar surface area (TPSA) is 99.4 Å². The number of aliphatic hydroxyl groups is 1. The first-order valence-corrected chi connectivity index (χ1v) is 12.9. The molecule has 0 radical (unpaired) electrons. The van der Waals surface area contributed by atoms with Crippen molar-refractivity contribution in [3.8, 4) is 5.75 Å². The van der Waals surface area contributed by atoms with E-state index in [9.17, 15) is 20.6 Å². The van der Waals surface area contributed by atoms with Gasteiger partial charge in [-0.15, -0.1) is 5.23 Å². The molecule has 3 N–H and O–H groups in total. The Bertz CT molecular complexity index is 919. The summed E-state index contributed by atoms with van der Waals surface area (Å²) in [5.74, 6) is 2.72. The fourth-order valence-corrected chi connectivity index (χ4v) is 8.72. The number of rotatable bonds is 4. The summed E-state index contributed by atoms with van der Waals surface area (Å²) < 4.78 is 0. The number of hydrogen-bond donors (Lipinski definition) is 3. The van der Waals surface area contributed by atoms with E-state index in [2.05, 4.69) is 18.8 Å². The van der Waals surface area contributed by atoms with Crippen LogP contribution >= 0.6 is 0 Å². The summed E-state index contributed by atoms with van der Waals surface area (Å²) in [6.07, 6.45) is 13.8. The number of fused-ring (bicyclic) bond motifs is 5. The van der Waals surface area contributed by atoms with Crippen LogP contribution in [-0.2, 0) is 0 Å². The third-order valence-corrected chi connectivity index (χ3v) is 10.7. The number of aliphatic imine (C=N–C) groups is 1. The third kappa shape index (κ3) is 3.60. The van der Waals surface area contributed by atoms with Gasteiger partial charge in [0, 0.05) is 11.6 Å². The molecule has 0 saturated heterocycles. The number of anilines is 1. The molecular formula is C27H39N2O4-. The molecule has 1 aromatic carbocycles. The Kier molecular flexibility index (Phi) is 5.78. The predicted molar refractivity (Wildman–Crippen MR) is 126 cm³/mol. The third-order valence-electron chi connectivity index (χ3n) is 10.7. The van der Waals surface area contributed by atoms with Gasteiger partial charge in [0.25, 0.3) is 0 Å². The summed E-state index contributed by atoms with van der Waals surface area (Å²) >= 11 is 0. The zero-order chi connectivity index (χ0) is 23.4. The molecule has 5 rings (SSSR count). The monoisotopic (exact) mass is 455 g/mol. The van der Waals surface area contributed by atoms with Crippen LogP contribution in [0.5, 0.6) is 5.75 Å². The molecule has 6 nitrogen and oxygen atoms in total. The minimum Gasteiger partial charge on any atom is -0.872 e. The van der Waals surface area contributed by atoms with Crippen LogP contribution in [0.1, 0.15) is 83.6 Å². The average molecular weight is 456 g/mol. The second-order valence-electron chi connectivity index (χ2n) is 11.9. The Balaban J connectivity index is 1.34. The molecule has 4 saturated carbocycles. The highest BCUT2D eigenvalue weighted by molar-refractivity contribution is 5.84. The molecular weight excluding hydrogens is 416 g/mol. The Morgan fingerprint density at radius 2 is 1.82 bits per heavy atom. The molecule has 0 heterocycles. The lowest BCUT2D eigenvalue weighted by Crippen LogP contribution is -2.56. The van der Waals surface area contributed by atoms with Crippen molar-refractivity contribution < 1.29 is 20.6 Å². The first-order chi connectivity index (χ1) is 15.7. The van der Waals surface area contributed by atoms with E-state index in [0.717, 1.165) is 31.1 Å². The maximum Gasteiger partial charge on any atom is 0.0948 e. The predicted octanol–water partition coefficient (Wildman–Crippen LogP) is 4.93. The molecule has 1 aromatic rings. The Hall–Kier alpha value is -1.63. The lowest BCUT2D eigenvalue weighted by Gasteiger charge is -2.61. The van der Waals surface area contributed by atoms with Crippen molar-refractivity contribution in [3.63, 3.8) is 0 Å². The first-order valence-electron chi connectivity index (χ1n) is 12.9. The summed E-state index contributed by atoms with van der Waals surface area (Å²) in [6.45, 7) is 5.15. The van der Waals surface area contributed by atoms with Crippen molar-refractivity contribution in [2.75, 3.05) is 11.8 Å². The van der Waals surface area contributed by atoms with E-state index in [1.807, 2.05) is 0 Å². The lowest BCUT2D eigenvalue weighted by molar-refractivity contribution is -0.268. The Labute approximate surface area is 197 Å². The van der Waals surface area contributed by atoms with Crippen LogP contribution in [0.15, 0.2) is 23.2 Å². The normalized spacial score (nSPS) is 42.6. The molecule has 4 aliphatic carbocycles. The van der Waals surface area contributed by atoms with E-state index in [0.29, 0.717) is 17.3 Å². The van der Waals surface area contributed by atoms with Gasteiger partial charge < -0.3 is 10.2 Å². The number of nitrogens with zero attached hydrogens (tertiary/aromatic N) is 2. The lowest BCUT2D eigenvalue weighted by atomic mass is 9.44. The van der Waals surface area contributed by atoms with Gasteiger partial charge in [-0.1, -0.05) is 38.5 Å². The fourth-order valence-electron chi connectivity index (χ4n) is 8.72. The molecule has 0 spiro atoms. The largest absolute Gasteiger partial charge is 0.872 e. The standard InChI is InChI=1S/C27H40N2O4/c1-25-12-4-3-5-19(25)6-8-21-22(25)10-13-26(2)23(21)11-14-27(26,31)17-28-16-18-15-20(29(32)33)7-9-24(18)30/h7,9,15-16,19,21-23,30-33H,3-6,8,10-14,17H2,1-2H3/p-1/t19-,21+,22+,23-,25+,26-,27+/m1/s1. The van der Waals surface area contributed by atoms with Crippen LogP contribution in [0.3, 0.4) is 0 Å². The van der Waals surface area contributed by atoms with Crippen molar-refractivity contribution in [1.82, 2.24) is 0 Å². The Morgan fingerprint density at radius 3 is 2.61 bits per heavy atom. The van der Waals surface area contributed by atoms with Crippen molar-refractivity contribution >= 4 is 11.9 Å². The van der Waals surface area contributed by atoms with Crippen LogP contribution in [0, 0.1) is 34.5 Å². The zero-order valence-corrected chi connectivity index (χ0v) is 20.0. The van der Waals surface area contributed by atoms with Crippen molar-refractivity contribution in [2.45, 2.75) is 83.7 Å². The molecule has 0 aliphatic heterocycles. The highest BCUT2D eigenvalue weighted by Crippen LogP contribution is 2.68. The van der Waals surface area contributed by atoms with Gasteiger partial charge in [0.2, 0.25) is 0 Å². The molecule has 182 valence electrons. The van der Waals surface area contributed by atoms with Gasteiger partial charge in [-0.05, 0) is 98.1 Å². The second-order valence-corrected chi connectivity index (χ2v) is 11.9. The maximum absolute atomic E-state index is 12.2. The molecule has 0 bridgehead atoms. The minimum absolute atomic E-state index is 0.00704. The molecule has 4 fully saturated rings. The van der Waals surface area contributed by atoms with Gasteiger partial charge in [0.15, 0.2) is 0 Å². The smallest absolute Gasteiger partial charge is 0.0948 e. The Morgan fingerprint density at radius 1 is 1.03 bits per heavy atom. The summed E-state index contributed by atoms with van der Waals surface area (Å²) in [7, 11) is 0. The first kappa shape index (κ1) is 23.1. The highest BCUT2D eigenvalue weighted by atomic mass is 16.8. The molecule has 4 aliphatic rings. The van der Waals surface area contributed by atoms with Crippen LogP contribution < -0.4 is 10.3 Å². The number of hydrogen-bond acceptors (Lipinski definition) is 6. The average Bonchev–Trinajstić information content (AvgIpc) is 3.05. The fraction of sp³-hybridized carbons (Fsp3) is 0.741. The van der Waals surface area contributed by atoms with Crippen LogP contribution in [0.4, 0.5) is 5.69 Å². The molecule has 0 unspecified atom stereocenters. The van der Waals surface area contributed by atoms with E-state index in [1.54, 1.807) is 0 Å². The van der Waals surface area contributed by atoms with Gasteiger partial charge in [0.1, 0.15) is 0 Å². The SMILES string of the molecule is C[C@]12CCCC[C@@H]1CC[C@@H]1[C@H]3CC[C@](O)(CN=Cc4cc(N(O)O)ccc4[O-])[C@]3(C)CC[C@@H]12. The van der Waals surface area contributed by atoms with Gasteiger partial charge in [0.05, 0.1) is 17.8 Å². The molecule has 33 heavy (non-hydrogen) atoms. The number of benzene rings is 1. The summed E-state index contributed by atoms with van der Waals surface area (Å²) in [5, 5.41) is 42.5. The van der Waals surface area contributed by atoms with Crippen molar-refractivity contribution in [3.05, 3.63) is 23.8 Å². The van der Waals surface area contributed by atoms with E-state index in [-0.39, 0.29) is 34.2 Å². The summed E-state index contributed by atoms with van der Waals surface area (Å²) in [4.78, 5) is 4.52. The highest BCUT2D eigenvalue weighted by Gasteiger charge is 2.64. The van der Waals surface area contributed by atoms with Crippen molar-refractivity contribution in [1.29, 1.82) is 0 Å². The van der Waals surface area contributed by atoms with Gasteiger partial charge in [-0.2, -0.15) is 0 Å². The van der Waals surface area contributed by atoms with E-state index in [1.165, 1.54) is 69.4 Å². The minimum atomic E-state index is -0.857. The molecule has 6 heteroatoms. The molecule has 7 atom stereocenters. The zero-order valence-electron chi connectivity index (χ0n) is 20.0. The summed E-state index contributed by atoms with van der Waals surface area (Å²) in [5.41, 5.74) is -0.115. The van der Waals surface area contributed by atoms with Crippen molar-refractivity contribution in [2.24, 2.45) is 39.5 Å². The molecule has 0 aromatic heterocycles. The van der Waals surface area contributed by atoms with E-state index >= 15 is 0 Å². The van der Waals surface area contributed by atoms with E-state index in [4.69, 9.17) is 0 Å². The second kappa shape index (κ2) is 8.24. The van der Waals surface area contributed by atoms with E-state index < -0.39 is 5.60 Å². The van der Waals surface area contributed by atoms with Crippen LogP contribution in [-0.4, -0.2) is 33.9 Å². The van der Waals surface area contributed by atoms with Gasteiger partial charge in [-0.3, -0.25) is 15.4 Å². The van der Waals surface area contributed by atoms with Crippen LogP contribution in [0.2, 0.25) is 0 Å². The van der Waals surface area contributed by atoms with Gasteiger partial charge in [-0.25, -0.2) is 0 Å².